The second-order valence-electron chi connectivity index (χ2n) is 6.71. The van der Waals surface area contributed by atoms with Gasteiger partial charge in [0.1, 0.15) is 5.82 Å². The molecular formula is C22H15Cl2FN2O2. The van der Waals surface area contributed by atoms with Crippen LogP contribution in [0.3, 0.4) is 0 Å². The Morgan fingerprint density at radius 2 is 1.45 bits per heavy atom. The van der Waals surface area contributed by atoms with Crippen LogP contribution in [-0.2, 0) is 15.1 Å². The Labute approximate surface area is 176 Å². The van der Waals surface area contributed by atoms with Crippen molar-refractivity contribution in [2.75, 3.05) is 10.2 Å². The number of carbonyl (C=O) groups excluding carboxylic acids is 2. The Hall–Kier alpha value is -2.89. The molecule has 3 aromatic carbocycles. The van der Waals surface area contributed by atoms with Crippen molar-refractivity contribution < 1.29 is 14.0 Å². The van der Waals surface area contributed by atoms with Gasteiger partial charge in [-0.3, -0.25) is 14.5 Å². The van der Waals surface area contributed by atoms with Crippen LogP contribution in [0.15, 0.2) is 72.8 Å². The molecule has 1 unspecified atom stereocenters. The van der Waals surface area contributed by atoms with E-state index in [2.05, 4.69) is 5.32 Å². The number of amides is 2. The van der Waals surface area contributed by atoms with E-state index in [0.717, 1.165) is 0 Å². The Bertz CT molecular complexity index is 1070. The van der Waals surface area contributed by atoms with E-state index in [1.807, 2.05) is 0 Å². The molecule has 0 spiro atoms. The largest absolute Gasteiger partial charge is 0.324 e. The molecule has 2 amide bonds. The van der Waals surface area contributed by atoms with Gasteiger partial charge >= 0.3 is 0 Å². The van der Waals surface area contributed by atoms with Gasteiger partial charge < -0.3 is 5.32 Å². The van der Waals surface area contributed by atoms with Crippen LogP contribution in [0, 0.1) is 5.82 Å². The van der Waals surface area contributed by atoms with E-state index in [4.69, 9.17) is 23.2 Å². The van der Waals surface area contributed by atoms with E-state index in [1.54, 1.807) is 48.5 Å². The van der Waals surface area contributed by atoms with Gasteiger partial charge in [0.15, 0.2) is 5.54 Å². The van der Waals surface area contributed by atoms with E-state index in [0.29, 0.717) is 27.0 Å². The highest BCUT2D eigenvalue weighted by molar-refractivity contribution is 6.31. The molecule has 29 heavy (non-hydrogen) atoms. The summed E-state index contributed by atoms with van der Waals surface area (Å²) in [7, 11) is 0. The first-order chi connectivity index (χ1) is 13.9. The molecule has 1 fully saturated rings. The number of rotatable bonds is 4. The molecule has 1 aliphatic rings. The summed E-state index contributed by atoms with van der Waals surface area (Å²) < 4.78 is 13.5. The fraction of sp³-hybridized carbons (Fsp3) is 0.0909. The average Bonchev–Trinajstić information content (AvgIpc) is 2.70. The topological polar surface area (TPSA) is 49.4 Å². The number of halogens is 3. The monoisotopic (exact) mass is 428 g/mol. The van der Waals surface area contributed by atoms with Crippen molar-refractivity contribution in [2.45, 2.75) is 12.0 Å². The van der Waals surface area contributed by atoms with Gasteiger partial charge in [-0.15, -0.1) is 0 Å². The Morgan fingerprint density at radius 3 is 2.00 bits per heavy atom. The zero-order valence-corrected chi connectivity index (χ0v) is 16.5. The third-order valence-corrected chi connectivity index (χ3v) is 5.43. The van der Waals surface area contributed by atoms with Gasteiger partial charge in [0.05, 0.1) is 6.42 Å². The van der Waals surface area contributed by atoms with Gasteiger partial charge in [-0.25, -0.2) is 4.39 Å². The second kappa shape index (κ2) is 7.50. The summed E-state index contributed by atoms with van der Waals surface area (Å²) >= 11 is 11.9. The Balaban J connectivity index is 1.78. The molecule has 4 rings (SSSR count). The zero-order valence-electron chi connectivity index (χ0n) is 15.0. The van der Waals surface area contributed by atoms with Crippen molar-refractivity contribution in [1.82, 2.24) is 0 Å². The summed E-state index contributed by atoms with van der Waals surface area (Å²) in [6.07, 6.45) is -0.0410. The number of carbonyl (C=O) groups is 2. The second-order valence-corrected chi connectivity index (χ2v) is 7.58. The van der Waals surface area contributed by atoms with Crippen LogP contribution in [0.2, 0.25) is 10.0 Å². The van der Waals surface area contributed by atoms with Crippen LogP contribution in [0.25, 0.3) is 0 Å². The quantitative estimate of drug-likeness (QED) is 0.565. The summed E-state index contributed by atoms with van der Waals surface area (Å²) in [5.74, 6) is -1.05. The fourth-order valence-corrected chi connectivity index (χ4v) is 3.74. The molecule has 3 aromatic rings. The molecule has 4 nitrogen and oxygen atoms in total. The fourth-order valence-electron chi connectivity index (χ4n) is 3.49. The predicted molar refractivity (Wildman–Crippen MR) is 112 cm³/mol. The van der Waals surface area contributed by atoms with Crippen LogP contribution >= 0.6 is 23.2 Å². The summed E-state index contributed by atoms with van der Waals surface area (Å²) in [6.45, 7) is 0. The minimum absolute atomic E-state index is 0.0410. The minimum Gasteiger partial charge on any atom is -0.324 e. The maximum atomic E-state index is 13.5. The Kier molecular flexibility index (Phi) is 5.03. The molecule has 146 valence electrons. The van der Waals surface area contributed by atoms with Crippen molar-refractivity contribution in [3.8, 4) is 0 Å². The van der Waals surface area contributed by atoms with Gasteiger partial charge in [-0.1, -0.05) is 35.3 Å². The molecule has 0 bridgehead atoms. The normalized spacial score (nSPS) is 18.3. The number of anilines is 2. The van der Waals surface area contributed by atoms with Gasteiger partial charge in [-0.2, -0.15) is 0 Å². The number of benzene rings is 3. The van der Waals surface area contributed by atoms with Crippen molar-refractivity contribution in [3.63, 3.8) is 0 Å². The van der Waals surface area contributed by atoms with E-state index < -0.39 is 17.3 Å². The van der Waals surface area contributed by atoms with E-state index >= 15 is 0 Å². The maximum Gasteiger partial charge on any atom is 0.255 e. The van der Waals surface area contributed by atoms with E-state index in [-0.39, 0.29) is 12.3 Å². The standard InChI is InChI=1S/C22H15Cl2FN2O2/c23-15-3-9-18(10-4-15)26-21(29)22(14-1-7-17(25)8-2-14)13-20(28)27(22)19-11-5-16(24)6-12-19/h1-12H,13H2,(H,26,29). The lowest BCUT2D eigenvalue weighted by Crippen LogP contribution is -2.67. The lowest BCUT2D eigenvalue weighted by Gasteiger charge is -2.50. The highest BCUT2D eigenvalue weighted by Gasteiger charge is 2.58. The molecule has 1 saturated heterocycles. The van der Waals surface area contributed by atoms with Crippen molar-refractivity contribution in [1.29, 1.82) is 0 Å². The first-order valence-electron chi connectivity index (χ1n) is 8.82. The molecule has 0 aliphatic carbocycles. The van der Waals surface area contributed by atoms with E-state index in [1.165, 1.54) is 29.2 Å². The summed E-state index contributed by atoms with van der Waals surface area (Å²) in [5.41, 5.74) is 0.274. The lowest BCUT2D eigenvalue weighted by molar-refractivity contribution is -0.137. The molecular weight excluding hydrogens is 414 g/mol. The van der Waals surface area contributed by atoms with Gasteiger partial charge in [0.25, 0.3) is 5.91 Å². The highest BCUT2D eigenvalue weighted by atomic mass is 35.5. The predicted octanol–water partition coefficient (Wildman–Crippen LogP) is 5.40. The number of hydrogen-bond donors (Lipinski definition) is 1. The summed E-state index contributed by atoms with van der Waals surface area (Å²) in [6, 6.07) is 18.9. The number of β-lactam (4-membered cyclic amide) rings is 1. The zero-order chi connectivity index (χ0) is 20.6. The molecule has 1 heterocycles. The summed E-state index contributed by atoms with van der Waals surface area (Å²) in [4.78, 5) is 27.4. The summed E-state index contributed by atoms with van der Waals surface area (Å²) in [5, 5.41) is 3.90. The van der Waals surface area contributed by atoms with Crippen LogP contribution in [-0.4, -0.2) is 11.8 Å². The molecule has 7 heteroatoms. The van der Waals surface area contributed by atoms with Gasteiger partial charge in [0.2, 0.25) is 5.91 Å². The first kappa shape index (κ1) is 19.4. The molecule has 0 saturated carbocycles. The van der Waals surface area contributed by atoms with Crippen molar-refractivity contribution >= 4 is 46.4 Å². The van der Waals surface area contributed by atoms with Crippen molar-refractivity contribution in [3.05, 3.63) is 94.2 Å². The van der Waals surface area contributed by atoms with Crippen LogP contribution in [0.4, 0.5) is 15.8 Å². The molecule has 0 aromatic heterocycles. The average molecular weight is 429 g/mol. The van der Waals surface area contributed by atoms with Gasteiger partial charge in [0, 0.05) is 21.4 Å². The lowest BCUT2D eigenvalue weighted by atomic mass is 9.76. The molecule has 1 aliphatic heterocycles. The maximum absolute atomic E-state index is 13.5. The third kappa shape index (κ3) is 3.48. The van der Waals surface area contributed by atoms with Crippen LogP contribution < -0.4 is 10.2 Å². The van der Waals surface area contributed by atoms with Crippen LogP contribution in [0.1, 0.15) is 12.0 Å². The number of nitrogens with one attached hydrogen (secondary N) is 1. The first-order valence-corrected chi connectivity index (χ1v) is 9.57. The molecule has 1 atom stereocenters. The molecule has 0 radical (unpaired) electrons. The number of nitrogens with zero attached hydrogens (tertiary/aromatic N) is 1. The molecule has 1 N–H and O–H groups in total. The number of hydrogen-bond acceptors (Lipinski definition) is 2. The smallest absolute Gasteiger partial charge is 0.255 e. The van der Waals surface area contributed by atoms with Crippen molar-refractivity contribution in [2.24, 2.45) is 0 Å². The SMILES string of the molecule is O=C1CC(C(=O)Nc2ccc(Cl)cc2)(c2ccc(F)cc2)N1c1ccc(Cl)cc1. The van der Waals surface area contributed by atoms with Crippen LogP contribution in [0.5, 0.6) is 0 Å². The van der Waals surface area contributed by atoms with Gasteiger partial charge in [-0.05, 0) is 66.2 Å². The highest BCUT2D eigenvalue weighted by Crippen LogP contribution is 2.46. The minimum atomic E-state index is -1.31. The van der Waals surface area contributed by atoms with E-state index in [9.17, 15) is 14.0 Å². The third-order valence-electron chi connectivity index (χ3n) is 4.92. The Morgan fingerprint density at radius 1 is 0.897 bits per heavy atom.